The van der Waals surface area contributed by atoms with Crippen LogP contribution in [-0.2, 0) is 19.4 Å². The van der Waals surface area contributed by atoms with Crippen molar-refractivity contribution in [3.8, 4) is 22.6 Å². The van der Waals surface area contributed by atoms with E-state index in [2.05, 4.69) is 32.2 Å². The monoisotopic (exact) mass is 416 g/mol. The highest BCUT2D eigenvalue weighted by molar-refractivity contribution is 7.13. The summed E-state index contributed by atoms with van der Waals surface area (Å²) in [6.07, 6.45) is 1.32. The van der Waals surface area contributed by atoms with Crippen molar-refractivity contribution in [2.24, 2.45) is 5.41 Å². The van der Waals surface area contributed by atoms with Crippen LogP contribution in [0.3, 0.4) is 0 Å². The van der Waals surface area contributed by atoms with Gasteiger partial charge < -0.3 is 9.15 Å². The van der Waals surface area contributed by atoms with E-state index in [1.54, 1.807) is 11.3 Å². The van der Waals surface area contributed by atoms with Gasteiger partial charge in [0.15, 0.2) is 10.8 Å². The molecule has 4 rings (SSSR count). The maximum absolute atomic E-state index is 9.00. The Bertz CT molecular complexity index is 1210. The first-order valence-corrected chi connectivity index (χ1v) is 10.8. The maximum atomic E-state index is 9.00. The van der Waals surface area contributed by atoms with Crippen LogP contribution in [0.4, 0.5) is 0 Å². The molecule has 0 spiro atoms. The molecule has 0 atom stereocenters. The van der Waals surface area contributed by atoms with Crippen LogP contribution in [0.5, 0.6) is 5.75 Å². The third kappa shape index (κ3) is 4.72. The van der Waals surface area contributed by atoms with Gasteiger partial charge in [0.1, 0.15) is 17.9 Å². The van der Waals surface area contributed by atoms with Gasteiger partial charge in [-0.1, -0.05) is 45.0 Å². The van der Waals surface area contributed by atoms with Gasteiger partial charge in [-0.15, -0.1) is 11.3 Å². The lowest BCUT2D eigenvalue weighted by molar-refractivity contribution is 0.305. The van der Waals surface area contributed by atoms with Gasteiger partial charge in [0.2, 0.25) is 0 Å². The standard InChI is InChI=1S/C25H24N2O2S/c1-25(2,3)14-20-16-30-24(27-20)23-13-19-12-21(8-9-22(19)29-23)28-15-18-7-5-4-6-17(18)10-11-26/h4-9,12-13,16H,10,14-15H2,1-3H3. The average Bonchev–Trinajstić information content (AvgIpc) is 3.32. The van der Waals surface area contributed by atoms with Crippen LogP contribution in [0.15, 0.2) is 58.3 Å². The number of ether oxygens (including phenoxy) is 1. The SMILES string of the molecule is CC(C)(C)Cc1csc(-c2cc3cc(OCc4ccccc4CC#N)ccc3o2)n1. The lowest BCUT2D eigenvalue weighted by Gasteiger charge is -2.15. The summed E-state index contributed by atoms with van der Waals surface area (Å²) < 4.78 is 12.0. The number of hydrogen-bond acceptors (Lipinski definition) is 5. The lowest BCUT2D eigenvalue weighted by atomic mass is 9.91. The van der Waals surface area contributed by atoms with Crippen molar-refractivity contribution in [1.82, 2.24) is 4.98 Å². The number of rotatable bonds is 6. The molecule has 0 bridgehead atoms. The minimum Gasteiger partial charge on any atom is -0.489 e. The third-order valence-corrected chi connectivity index (χ3v) is 5.65. The van der Waals surface area contributed by atoms with E-state index in [0.717, 1.165) is 50.7 Å². The van der Waals surface area contributed by atoms with Crippen LogP contribution in [0, 0.1) is 16.7 Å². The van der Waals surface area contributed by atoms with E-state index < -0.39 is 0 Å². The summed E-state index contributed by atoms with van der Waals surface area (Å²) >= 11 is 1.61. The molecule has 0 saturated carbocycles. The summed E-state index contributed by atoms with van der Waals surface area (Å²) in [5.41, 5.74) is 4.15. The molecule has 30 heavy (non-hydrogen) atoms. The van der Waals surface area contributed by atoms with E-state index in [0.29, 0.717) is 13.0 Å². The average molecular weight is 417 g/mol. The molecule has 0 saturated heterocycles. The van der Waals surface area contributed by atoms with Crippen molar-refractivity contribution in [1.29, 1.82) is 5.26 Å². The Balaban J connectivity index is 1.51. The molecule has 0 aliphatic rings. The molecular weight excluding hydrogens is 392 g/mol. The van der Waals surface area contributed by atoms with Gasteiger partial charge >= 0.3 is 0 Å². The topological polar surface area (TPSA) is 59.0 Å². The first-order valence-electron chi connectivity index (χ1n) is 9.96. The molecule has 0 fully saturated rings. The van der Waals surface area contributed by atoms with Crippen molar-refractivity contribution >= 4 is 22.3 Å². The first kappa shape index (κ1) is 20.2. The summed E-state index contributed by atoms with van der Waals surface area (Å²) in [5.74, 6) is 1.56. The number of aromatic nitrogens is 1. The van der Waals surface area contributed by atoms with E-state index in [1.807, 2.05) is 48.5 Å². The molecule has 0 amide bonds. The molecule has 2 aromatic carbocycles. The van der Waals surface area contributed by atoms with Crippen molar-refractivity contribution in [3.05, 3.63) is 70.7 Å². The first-order chi connectivity index (χ1) is 14.4. The van der Waals surface area contributed by atoms with Crippen LogP contribution in [0.25, 0.3) is 21.7 Å². The fourth-order valence-electron chi connectivity index (χ4n) is 3.38. The van der Waals surface area contributed by atoms with Crippen LogP contribution in [-0.4, -0.2) is 4.98 Å². The highest BCUT2D eigenvalue weighted by Gasteiger charge is 2.16. The molecule has 0 aliphatic carbocycles. The van der Waals surface area contributed by atoms with Crippen molar-refractivity contribution in [3.63, 3.8) is 0 Å². The number of furan rings is 1. The second kappa shape index (κ2) is 8.33. The Kier molecular flexibility index (Phi) is 5.61. The Morgan fingerprint density at radius 2 is 1.90 bits per heavy atom. The van der Waals surface area contributed by atoms with Gasteiger partial charge in [-0.3, -0.25) is 0 Å². The Morgan fingerprint density at radius 1 is 1.10 bits per heavy atom. The zero-order chi connectivity index (χ0) is 21.1. The van der Waals surface area contributed by atoms with Crippen LogP contribution < -0.4 is 4.74 Å². The number of fused-ring (bicyclic) bond motifs is 1. The number of nitrogens with zero attached hydrogens (tertiary/aromatic N) is 2. The summed E-state index contributed by atoms with van der Waals surface area (Å²) in [5, 5.41) is 13.0. The molecule has 0 N–H and O–H groups in total. The number of benzene rings is 2. The molecule has 0 unspecified atom stereocenters. The second-order valence-electron chi connectivity index (χ2n) is 8.58. The lowest BCUT2D eigenvalue weighted by Crippen LogP contribution is -2.09. The second-order valence-corrected chi connectivity index (χ2v) is 9.44. The predicted molar refractivity (Wildman–Crippen MR) is 121 cm³/mol. The van der Waals surface area contributed by atoms with E-state index in [4.69, 9.17) is 19.4 Å². The summed E-state index contributed by atoms with van der Waals surface area (Å²) in [4.78, 5) is 4.75. The van der Waals surface area contributed by atoms with Gasteiger partial charge in [-0.25, -0.2) is 4.98 Å². The summed E-state index contributed by atoms with van der Waals surface area (Å²) in [6, 6.07) is 17.9. The van der Waals surface area contributed by atoms with Crippen LogP contribution >= 0.6 is 11.3 Å². The largest absolute Gasteiger partial charge is 0.489 e. The minimum absolute atomic E-state index is 0.206. The maximum Gasteiger partial charge on any atom is 0.164 e. The normalized spacial score (nSPS) is 11.5. The van der Waals surface area contributed by atoms with Crippen molar-refractivity contribution in [2.45, 2.75) is 40.2 Å². The fourth-order valence-corrected chi connectivity index (χ4v) is 4.15. The molecule has 0 aliphatic heterocycles. The molecule has 0 radical (unpaired) electrons. The quantitative estimate of drug-likeness (QED) is 0.347. The fraction of sp³-hybridized carbons (Fsp3) is 0.280. The summed E-state index contributed by atoms with van der Waals surface area (Å²) in [7, 11) is 0. The zero-order valence-electron chi connectivity index (χ0n) is 17.4. The highest BCUT2D eigenvalue weighted by Crippen LogP contribution is 2.33. The van der Waals surface area contributed by atoms with Gasteiger partial charge in [0.25, 0.3) is 0 Å². The molecular formula is C25H24N2O2S. The molecule has 152 valence electrons. The smallest absolute Gasteiger partial charge is 0.164 e. The van der Waals surface area contributed by atoms with Crippen LogP contribution in [0.2, 0.25) is 0 Å². The molecule has 2 aromatic heterocycles. The highest BCUT2D eigenvalue weighted by atomic mass is 32.1. The van der Waals surface area contributed by atoms with Crippen molar-refractivity contribution in [2.75, 3.05) is 0 Å². The van der Waals surface area contributed by atoms with Crippen LogP contribution in [0.1, 0.15) is 37.6 Å². The Morgan fingerprint density at radius 3 is 2.67 bits per heavy atom. The molecule has 4 nitrogen and oxygen atoms in total. The van der Waals surface area contributed by atoms with Gasteiger partial charge in [-0.2, -0.15) is 5.26 Å². The van der Waals surface area contributed by atoms with E-state index in [9.17, 15) is 0 Å². The van der Waals surface area contributed by atoms with Crippen molar-refractivity contribution < 1.29 is 9.15 Å². The van der Waals surface area contributed by atoms with E-state index >= 15 is 0 Å². The van der Waals surface area contributed by atoms with Gasteiger partial charge in [0, 0.05) is 10.8 Å². The summed E-state index contributed by atoms with van der Waals surface area (Å²) in [6.45, 7) is 7.07. The zero-order valence-corrected chi connectivity index (χ0v) is 18.3. The number of thiazole rings is 1. The molecule has 4 aromatic rings. The Hall–Kier alpha value is -3.10. The number of hydrogen-bond donors (Lipinski definition) is 0. The minimum atomic E-state index is 0.206. The van der Waals surface area contributed by atoms with Gasteiger partial charge in [-0.05, 0) is 47.2 Å². The van der Waals surface area contributed by atoms with E-state index in [-0.39, 0.29) is 5.41 Å². The molecule has 5 heteroatoms. The molecule has 2 heterocycles. The third-order valence-electron chi connectivity index (χ3n) is 4.74. The number of nitriles is 1. The predicted octanol–water partition coefficient (Wildman–Crippen LogP) is 6.79. The van der Waals surface area contributed by atoms with Gasteiger partial charge in [0.05, 0.1) is 18.2 Å². The Labute approximate surface area is 180 Å². The van der Waals surface area contributed by atoms with E-state index in [1.165, 1.54) is 0 Å².